The van der Waals surface area contributed by atoms with Crippen molar-refractivity contribution in [3.63, 3.8) is 0 Å². The Labute approximate surface area is 743 Å². The van der Waals surface area contributed by atoms with E-state index in [2.05, 4.69) is 5.32 Å². The lowest BCUT2D eigenvalue weighted by atomic mass is 9.87. The zero-order valence-corrected chi connectivity index (χ0v) is 71.9. The van der Waals surface area contributed by atoms with Gasteiger partial charge in [-0.15, -0.1) is 0 Å². The number of aliphatic hydroxyl groups excluding tert-OH is 2. The number of carbonyl (C=O) groups excluding carboxylic acids is 7. The molecule has 0 bridgehead atoms. The summed E-state index contributed by atoms with van der Waals surface area (Å²) in [6, 6.07) is 66.1. The van der Waals surface area contributed by atoms with Crippen molar-refractivity contribution < 1.29 is 121 Å². The number of nitrogens with one attached hydrogen (secondary N) is 1. The molecule has 11 aromatic carbocycles. The van der Waals surface area contributed by atoms with Crippen molar-refractivity contribution in [3.8, 4) is 0 Å². The van der Waals surface area contributed by atoms with Crippen molar-refractivity contribution in [2.24, 2.45) is 0 Å². The maximum absolute atomic E-state index is 14.6. The number of rotatable bonds is 24. The summed E-state index contributed by atoms with van der Waals surface area (Å²) in [7, 11) is -2.65. The summed E-state index contributed by atoms with van der Waals surface area (Å²) >= 11 is 0. The molecule has 10 atom stereocenters. The fourth-order valence-corrected chi connectivity index (χ4v) is 15.9. The van der Waals surface area contributed by atoms with Crippen molar-refractivity contribution in [3.05, 3.63) is 392 Å². The molecule has 20 nitrogen and oxygen atoms in total. The van der Waals surface area contributed by atoms with E-state index in [1.54, 1.807) is 12.1 Å². The van der Waals surface area contributed by atoms with Crippen LogP contribution >= 0.6 is 0 Å². The van der Waals surface area contributed by atoms with Gasteiger partial charge in [-0.2, -0.15) is 0 Å². The molecule has 7 amide bonds. The Morgan fingerprint density at radius 1 is 0.385 bits per heavy atom. The Balaban J connectivity index is 0.000000164. The molecule has 4 heterocycles. The molecule has 0 unspecified atom stereocenters. The van der Waals surface area contributed by atoms with Crippen molar-refractivity contribution in [2.75, 3.05) is 26.4 Å². The van der Waals surface area contributed by atoms with Gasteiger partial charge < -0.3 is 44.0 Å². The number of carboxylic acid groups (broad SMARTS) is 1. The van der Waals surface area contributed by atoms with Crippen LogP contribution in [0.25, 0.3) is 0 Å². The Morgan fingerprint density at radius 3 is 1.06 bits per heavy atom. The number of carboxylic acids is 1. The fraction of sp³-hybridized carbons (Fsp3) is 0.253. The van der Waals surface area contributed by atoms with Gasteiger partial charge in [0.2, 0.25) is 17.7 Å². The molecule has 4 N–H and O–H groups in total. The Bertz CT molecular complexity index is 5730. The minimum absolute atomic E-state index is 0.00847. The van der Waals surface area contributed by atoms with E-state index in [1.165, 1.54) is 77.2 Å². The second kappa shape index (κ2) is 44.4. The largest absolute Gasteiger partial charge is 0.481 e. The first-order chi connectivity index (χ1) is 62.0. The Hall–Kier alpha value is -13.6. The van der Waals surface area contributed by atoms with Gasteiger partial charge in [0.05, 0.1) is 60.7 Å². The molecule has 0 aliphatic carbocycles. The number of aliphatic hydroxyl groups is 2. The Morgan fingerprint density at radius 2 is 0.700 bits per heavy atom. The molecule has 0 aromatic heterocycles. The van der Waals surface area contributed by atoms with Crippen molar-refractivity contribution in [1.82, 2.24) is 20.0 Å². The van der Waals surface area contributed by atoms with Crippen molar-refractivity contribution in [1.29, 1.82) is 0 Å². The monoisotopic (exact) mass is 1810 g/mol. The predicted octanol–water partition coefficient (Wildman–Crippen LogP) is 19.4. The molecule has 15 rings (SSSR count). The maximum atomic E-state index is 14.6. The number of carbonyl (C=O) groups is 8. The average Bonchev–Trinajstić information content (AvgIpc) is 1.51. The minimum Gasteiger partial charge on any atom is -0.481 e. The van der Waals surface area contributed by atoms with E-state index >= 15 is 0 Å². The van der Waals surface area contributed by atoms with Gasteiger partial charge in [-0.3, -0.25) is 19.2 Å². The summed E-state index contributed by atoms with van der Waals surface area (Å²) in [4.78, 5) is 103. The van der Waals surface area contributed by atoms with E-state index in [1.807, 2.05) is 155 Å². The highest BCUT2D eigenvalue weighted by molar-refractivity contribution is 6.74. The summed E-state index contributed by atoms with van der Waals surface area (Å²) in [5.74, 6) is -15.8. The van der Waals surface area contributed by atoms with Gasteiger partial charge in [0.1, 0.15) is 55.6 Å². The number of halogens is 10. The van der Waals surface area contributed by atoms with E-state index in [0.29, 0.717) is 37.0 Å². The molecule has 4 aliphatic heterocycles. The SMILES string of the molecule is CC(C)(C)[Si](C)(C)O[C@H](c1ccc(F)c(F)c1)[C@H](C(=O)N1C(=O)OC[C@H]1Cc1ccccc1)c1ccc(F)cc1.O=C(Cc1ccc(F)cc1)N1C(=O)OC[C@H]1Cc1ccccc1.O=C(O)[C@H](c1ccc(F)cc1)[C@@H](O)c1ccc(F)c(F)c1.O=C1N[C@H](Cc2ccccc2)CO1.O=C1OC[C@@H](Cc2ccccc2)N1C(=O)[C@H](c1ccc(F)cc1)[C@@H](O)c1ccc(F)c(F)c1. The van der Waals surface area contributed by atoms with Crippen molar-refractivity contribution in [2.45, 2.75) is 131 Å². The van der Waals surface area contributed by atoms with Gasteiger partial charge in [0.25, 0.3) is 0 Å². The minimum atomic E-state index is -2.65. The molecule has 678 valence electrons. The molecule has 4 aliphatic rings. The topological polar surface area (TPSA) is 265 Å². The molecule has 4 fully saturated rings. The molecule has 130 heavy (non-hydrogen) atoms. The normalized spacial score (nSPS) is 17.2. The maximum Gasteiger partial charge on any atom is 0.417 e. The molecule has 0 radical (unpaired) electrons. The standard InChI is InChI=1S/C31H34F3NO4Si.C25H20F3NO4.C18H16FNO3.C15H11F3O3.C10H11NO2/c1-31(2,3)40(4,5)39-28(22-13-16-25(33)26(34)18-22)27(21-11-14-23(32)15-12-21)29(36)35-24(19-38-30(35)37)17-20-9-7-6-8-10-20;26-18-9-6-16(7-10-18)22(23(30)17-8-11-20(27)21(28)13-17)24(31)29-19(14-33-25(29)32)12-15-4-2-1-3-5-15;19-15-8-6-14(7-9-15)11-17(21)20-16(12-23-18(20)22)10-13-4-2-1-3-5-13;16-10-4-1-8(2-5-10)13(15(20)21)14(19)9-3-6-11(17)12(18)7-9;12-10-11-9(7-13-10)6-8-4-2-1-3-5-8/h6-16,18,24,27-28H,17,19H2,1-5H3;1-11,13,19,22-23,30H,12,14H2;1-9,16H,10-12H2;1-7,13-14,19H,(H,20,21);1-5,9H,6-7H2,(H,11,12)/t24-,27-,28-;19-,22-,23+;16-;13-,14+;9-/m11111/s1. The highest BCUT2D eigenvalue weighted by Gasteiger charge is 2.49. The van der Waals surface area contributed by atoms with Crippen LogP contribution in [0.3, 0.4) is 0 Å². The number of aliphatic carboxylic acids is 1. The smallest absolute Gasteiger partial charge is 0.417 e. The summed E-state index contributed by atoms with van der Waals surface area (Å²) < 4.78 is 162. The van der Waals surface area contributed by atoms with Crippen LogP contribution in [0.15, 0.2) is 273 Å². The van der Waals surface area contributed by atoms with Crippen LogP contribution in [-0.4, -0.2) is 137 Å². The van der Waals surface area contributed by atoms with Crippen LogP contribution in [0.4, 0.5) is 63.1 Å². The number of ether oxygens (including phenoxy) is 4. The number of alkyl carbamates (subject to hydrolysis) is 1. The third-order valence-electron chi connectivity index (χ3n) is 22.4. The van der Waals surface area contributed by atoms with E-state index in [4.69, 9.17) is 23.4 Å². The first-order valence-corrected chi connectivity index (χ1v) is 44.1. The number of hydrogen-bond acceptors (Lipinski definition) is 15. The van der Waals surface area contributed by atoms with E-state index in [9.17, 15) is 97.6 Å². The Kier molecular flexibility index (Phi) is 33.1. The fourth-order valence-electron chi connectivity index (χ4n) is 14.6. The first-order valence-electron chi connectivity index (χ1n) is 41.2. The predicted molar refractivity (Wildman–Crippen MR) is 460 cm³/mol. The lowest BCUT2D eigenvalue weighted by Gasteiger charge is -2.42. The molecular weight excluding hydrogens is 1720 g/mol. The number of amides is 7. The number of benzene rings is 11. The van der Waals surface area contributed by atoms with Crippen LogP contribution in [-0.2, 0) is 74.7 Å². The van der Waals surface area contributed by atoms with Gasteiger partial charge >= 0.3 is 30.3 Å². The van der Waals surface area contributed by atoms with Gasteiger partial charge in [-0.25, -0.2) is 77.8 Å². The van der Waals surface area contributed by atoms with E-state index in [0.717, 1.165) is 106 Å². The lowest BCUT2D eigenvalue weighted by molar-refractivity contribution is -0.142. The molecule has 11 aromatic rings. The third-order valence-corrected chi connectivity index (χ3v) is 26.8. The van der Waals surface area contributed by atoms with Gasteiger partial charge in [0.15, 0.2) is 43.2 Å². The molecule has 31 heteroatoms. The molecule has 0 saturated carbocycles. The molecule has 0 spiro atoms. The number of imide groups is 3. The summed E-state index contributed by atoms with van der Waals surface area (Å²) in [6.45, 7) is 10.7. The second-order valence-electron chi connectivity index (χ2n) is 32.5. The summed E-state index contributed by atoms with van der Waals surface area (Å²) in [5, 5.41) is 32.8. The number of hydrogen-bond donors (Lipinski definition) is 4. The zero-order valence-electron chi connectivity index (χ0n) is 70.9. The first kappa shape index (κ1) is 97.0. The highest BCUT2D eigenvalue weighted by Crippen LogP contribution is 2.46. The van der Waals surface area contributed by atoms with E-state index in [-0.39, 0.29) is 89.0 Å². The van der Waals surface area contributed by atoms with Crippen LogP contribution in [0.1, 0.15) is 118 Å². The van der Waals surface area contributed by atoms with Crippen LogP contribution in [0.2, 0.25) is 18.1 Å². The third kappa shape index (κ3) is 25.7. The van der Waals surface area contributed by atoms with Gasteiger partial charge in [-0.05, 0) is 190 Å². The van der Waals surface area contributed by atoms with Crippen molar-refractivity contribution >= 4 is 56.4 Å². The number of nitrogens with zero attached hydrogens (tertiary/aromatic N) is 3. The van der Waals surface area contributed by atoms with Gasteiger partial charge in [-0.1, -0.05) is 209 Å². The highest BCUT2D eigenvalue weighted by atomic mass is 28.4. The lowest BCUT2D eigenvalue weighted by Crippen LogP contribution is -2.47. The average molecular weight is 1810 g/mol. The quantitative estimate of drug-likeness (QED) is 0.0249. The van der Waals surface area contributed by atoms with Crippen LogP contribution in [0.5, 0.6) is 0 Å². The summed E-state index contributed by atoms with van der Waals surface area (Å²) in [5.41, 5.74) is 5.53. The number of cyclic esters (lactones) is 4. The van der Waals surface area contributed by atoms with Gasteiger partial charge in [0, 0.05) is 0 Å². The van der Waals surface area contributed by atoms with E-state index < -0.39 is 145 Å². The summed E-state index contributed by atoms with van der Waals surface area (Å²) in [6.07, 6.45) is -4.77. The zero-order chi connectivity index (χ0) is 93.7. The van der Waals surface area contributed by atoms with Crippen LogP contribution in [0, 0.1) is 58.2 Å². The second-order valence-corrected chi connectivity index (χ2v) is 37.3. The molecular formula is C99H92F10N4O16Si. The van der Waals surface area contributed by atoms with Crippen LogP contribution < -0.4 is 5.32 Å². The molecule has 4 saturated heterocycles.